The summed E-state index contributed by atoms with van der Waals surface area (Å²) in [7, 11) is 0. The first kappa shape index (κ1) is 24.0. The van der Waals surface area contributed by atoms with Gasteiger partial charge in [-0.2, -0.15) is 0 Å². The zero-order valence-electron chi connectivity index (χ0n) is 16.3. The number of guanidine groups is 1. The summed E-state index contributed by atoms with van der Waals surface area (Å²) in [6.45, 7) is 14.3. The van der Waals surface area contributed by atoms with Crippen molar-refractivity contribution in [2.45, 2.75) is 38.0 Å². The summed E-state index contributed by atoms with van der Waals surface area (Å²) in [5.74, 6) is 2.95. The highest BCUT2D eigenvalue weighted by atomic mass is 127. The molecular weight excluding hydrogens is 477 g/mol. The molecule has 0 saturated carbocycles. The van der Waals surface area contributed by atoms with Gasteiger partial charge >= 0.3 is 0 Å². The number of thioether (sulfide) groups is 1. The normalized spacial score (nSPS) is 17.6. The van der Waals surface area contributed by atoms with Crippen LogP contribution in [0.4, 0.5) is 0 Å². The topological polar surface area (TPSA) is 43.8 Å². The molecule has 0 aromatic carbocycles. The van der Waals surface area contributed by atoms with Gasteiger partial charge in [-0.25, -0.2) is 4.98 Å². The zero-order chi connectivity index (χ0) is 17.9. The average Bonchev–Trinajstić information content (AvgIpc) is 3.30. The Bertz CT molecular complexity index is 494. The van der Waals surface area contributed by atoms with Gasteiger partial charge in [0.15, 0.2) is 5.96 Å². The number of aliphatic imine (C=N–C) groups is 1. The fourth-order valence-electron chi connectivity index (χ4n) is 3.14. The van der Waals surface area contributed by atoms with Crippen molar-refractivity contribution in [1.82, 2.24) is 20.1 Å². The van der Waals surface area contributed by atoms with Gasteiger partial charge in [0.2, 0.25) is 0 Å². The van der Waals surface area contributed by atoms with E-state index >= 15 is 0 Å². The molecule has 0 aliphatic carbocycles. The highest BCUT2D eigenvalue weighted by Crippen LogP contribution is 2.21. The van der Waals surface area contributed by atoms with Crippen LogP contribution in [0, 0.1) is 5.92 Å². The van der Waals surface area contributed by atoms with Crippen LogP contribution in [0.3, 0.4) is 0 Å². The number of hydrogen-bond donors (Lipinski definition) is 1. The maximum Gasteiger partial charge on any atom is 0.193 e. The van der Waals surface area contributed by atoms with Crippen molar-refractivity contribution in [3.63, 3.8) is 0 Å². The molecule has 1 aromatic heterocycles. The molecule has 0 bridgehead atoms. The van der Waals surface area contributed by atoms with Gasteiger partial charge in [0, 0.05) is 50.1 Å². The lowest BCUT2D eigenvalue weighted by Gasteiger charge is -2.24. The van der Waals surface area contributed by atoms with E-state index in [1.807, 2.05) is 23.3 Å². The fraction of sp³-hybridized carbons (Fsp3) is 0.778. The van der Waals surface area contributed by atoms with Crippen molar-refractivity contribution < 1.29 is 0 Å². The summed E-state index contributed by atoms with van der Waals surface area (Å²) < 4.78 is 1.16. The molecule has 26 heavy (non-hydrogen) atoms. The third-order valence-electron chi connectivity index (χ3n) is 4.53. The zero-order valence-corrected chi connectivity index (χ0v) is 20.3. The summed E-state index contributed by atoms with van der Waals surface area (Å²) in [4.78, 5) is 14.1. The molecule has 150 valence electrons. The van der Waals surface area contributed by atoms with Crippen molar-refractivity contribution in [3.05, 3.63) is 11.6 Å². The van der Waals surface area contributed by atoms with E-state index in [2.05, 4.69) is 40.9 Å². The number of likely N-dealkylation sites (tertiary alicyclic amines) is 1. The molecule has 1 unspecified atom stereocenters. The Morgan fingerprint density at radius 2 is 2.23 bits per heavy atom. The summed E-state index contributed by atoms with van der Waals surface area (Å²) in [5.41, 5.74) is 0. The van der Waals surface area contributed by atoms with Crippen molar-refractivity contribution in [2.75, 3.05) is 51.6 Å². The van der Waals surface area contributed by atoms with E-state index < -0.39 is 0 Å². The van der Waals surface area contributed by atoms with E-state index in [1.54, 1.807) is 11.3 Å². The minimum atomic E-state index is 0. The first-order valence-corrected chi connectivity index (χ1v) is 11.4. The summed E-state index contributed by atoms with van der Waals surface area (Å²) in [5, 5.41) is 5.51. The smallest absolute Gasteiger partial charge is 0.193 e. The van der Waals surface area contributed by atoms with Gasteiger partial charge in [-0.1, -0.05) is 25.6 Å². The molecule has 1 fully saturated rings. The Kier molecular flexibility index (Phi) is 12.9. The third-order valence-corrected chi connectivity index (χ3v) is 6.58. The van der Waals surface area contributed by atoms with E-state index in [0.717, 1.165) is 67.7 Å². The summed E-state index contributed by atoms with van der Waals surface area (Å²) in [6, 6.07) is 0. The predicted molar refractivity (Wildman–Crippen MR) is 126 cm³/mol. The van der Waals surface area contributed by atoms with Crippen LogP contribution in [0.15, 0.2) is 20.9 Å². The number of nitrogens with zero attached hydrogens (tertiary/aromatic N) is 4. The lowest BCUT2D eigenvalue weighted by Crippen LogP contribution is -2.41. The van der Waals surface area contributed by atoms with Gasteiger partial charge in [-0.05, 0) is 38.8 Å². The average molecular weight is 512 g/mol. The van der Waals surface area contributed by atoms with Crippen LogP contribution >= 0.6 is 47.1 Å². The van der Waals surface area contributed by atoms with Crippen LogP contribution in [-0.2, 0) is 0 Å². The lowest BCUT2D eigenvalue weighted by molar-refractivity contribution is 0.255. The predicted octanol–water partition coefficient (Wildman–Crippen LogP) is 3.87. The summed E-state index contributed by atoms with van der Waals surface area (Å²) in [6.07, 6.45) is 4.24. The van der Waals surface area contributed by atoms with E-state index in [9.17, 15) is 0 Å². The molecule has 5 nitrogen and oxygen atoms in total. The Morgan fingerprint density at radius 3 is 2.88 bits per heavy atom. The second kappa shape index (κ2) is 14.0. The monoisotopic (exact) mass is 511 g/mol. The second-order valence-electron chi connectivity index (χ2n) is 6.32. The van der Waals surface area contributed by atoms with E-state index in [0.29, 0.717) is 0 Å². The molecule has 1 N–H and O–H groups in total. The van der Waals surface area contributed by atoms with Crippen LogP contribution in [0.25, 0.3) is 0 Å². The van der Waals surface area contributed by atoms with Gasteiger partial charge < -0.3 is 15.1 Å². The minimum Gasteiger partial charge on any atom is -0.357 e. The van der Waals surface area contributed by atoms with Crippen LogP contribution in [0.1, 0.15) is 33.6 Å². The number of halogens is 1. The van der Waals surface area contributed by atoms with E-state index in [4.69, 9.17) is 4.99 Å². The van der Waals surface area contributed by atoms with Gasteiger partial charge in [-0.3, -0.25) is 4.99 Å². The Morgan fingerprint density at radius 1 is 1.42 bits per heavy atom. The number of nitrogens with one attached hydrogen (secondary N) is 1. The lowest BCUT2D eigenvalue weighted by atomic mass is 10.1. The number of thiazole rings is 1. The maximum absolute atomic E-state index is 4.86. The molecule has 2 heterocycles. The first-order valence-electron chi connectivity index (χ1n) is 9.54. The SMILES string of the molecule is CCNC(=NCCCSc1nccs1)N1CCC(CN(CC)CC)C1.I. The number of hydrogen-bond acceptors (Lipinski definition) is 5. The van der Waals surface area contributed by atoms with E-state index in [-0.39, 0.29) is 24.0 Å². The molecule has 0 radical (unpaired) electrons. The highest BCUT2D eigenvalue weighted by molar-refractivity contribution is 14.0. The van der Waals surface area contributed by atoms with Crippen molar-refractivity contribution in [2.24, 2.45) is 10.9 Å². The van der Waals surface area contributed by atoms with Crippen molar-refractivity contribution in [1.29, 1.82) is 0 Å². The number of aromatic nitrogens is 1. The largest absolute Gasteiger partial charge is 0.357 e. The van der Waals surface area contributed by atoms with Crippen molar-refractivity contribution in [3.8, 4) is 0 Å². The third kappa shape index (κ3) is 8.31. The van der Waals surface area contributed by atoms with Crippen molar-refractivity contribution >= 4 is 53.0 Å². The standard InChI is InChI=1S/C18H33N5S2.HI/c1-4-19-17(20-9-7-12-24-18-21-10-13-25-18)23-11-8-16(15-23)14-22(5-2)6-3;/h10,13,16H,4-9,11-12,14-15H2,1-3H3,(H,19,20);1H. The van der Waals surface area contributed by atoms with Gasteiger partial charge in [0.25, 0.3) is 0 Å². The number of rotatable bonds is 10. The van der Waals surface area contributed by atoms with Crippen LogP contribution in [0.2, 0.25) is 0 Å². The Labute approximate surface area is 184 Å². The molecular formula is C18H34IN5S2. The van der Waals surface area contributed by atoms with Gasteiger partial charge in [0.05, 0.1) is 0 Å². The first-order chi connectivity index (χ1) is 12.3. The molecule has 0 spiro atoms. The molecule has 1 saturated heterocycles. The molecule has 8 heteroatoms. The maximum atomic E-state index is 4.86. The molecule has 0 amide bonds. The van der Waals surface area contributed by atoms with E-state index in [1.165, 1.54) is 13.0 Å². The van der Waals surface area contributed by atoms with Crippen LogP contribution in [0.5, 0.6) is 0 Å². The summed E-state index contributed by atoms with van der Waals surface area (Å²) >= 11 is 3.55. The minimum absolute atomic E-state index is 0. The Hall–Kier alpha value is -0.0600. The molecule has 1 aromatic rings. The molecule has 1 aliphatic heterocycles. The molecule has 1 atom stereocenters. The molecule has 2 rings (SSSR count). The highest BCUT2D eigenvalue weighted by Gasteiger charge is 2.25. The molecule has 1 aliphatic rings. The van der Waals surface area contributed by atoms with Gasteiger partial charge in [0.1, 0.15) is 4.34 Å². The van der Waals surface area contributed by atoms with Crippen LogP contribution in [-0.4, -0.2) is 72.3 Å². The van der Waals surface area contributed by atoms with Crippen LogP contribution < -0.4 is 5.32 Å². The fourth-order valence-corrected chi connectivity index (χ4v) is 4.77. The quantitative estimate of drug-likeness (QED) is 0.170. The second-order valence-corrected chi connectivity index (χ2v) is 8.56. The van der Waals surface area contributed by atoms with Gasteiger partial charge in [-0.15, -0.1) is 35.3 Å². The Balaban J connectivity index is 0.00000338.